The average Bonchev–Trinajstić information content (AvgIpc) is 2.83. The molecule has 3 rings (SSSR count). The summed E-state index contributed by atoms with van der Waals surface area (Å²) in [6, 6.07) is 4.03. The summed E-state index contributed by atoms with van der Waals surface area (Å²) < 4.78 is 0. The molecule has 0 aliphatic heterocycles. The van der Waals surface area contributed by atoms with E-state index in [4.69, 9.17) is 10.7 Å². The summed E-state index contributed by atoms with van der Waals surface area (Å²) in [5.74, 6) is 1.45. The molecule has 7 heteroatoms. The second kappa shape index (κ2) is 11.7. The first-order chi connectivity index (χ1) is 18.1. The summed E-state index contributed by atoms with van der Waals surface area (Å²) in [5.41, 5.74) is 9.52. The lowest BCUT2D eigenvalue weighted by Gasteiger charge is -2.31. The fourth-order valence-corrected chi connectivity index (χ4v) is 5.00. The summed E-state index contributed by atoms with van der Waals surface area (Å²) in [4.78, 5) is 19.9. The third-order valence-electron chi connectivity index (χ3n) is 7.34. The highest BCUT2D eigenvalue weighted by atomic mass is 16.3. The molecule has 39 heavy (non-hydrogen) atoms. The molecule has 0 aromatic heterocycles. The van der Waals surface area contributed by atoms with E-state index in [0.717, 1.165) is 48.1 Å². The van der Waals surface area contributed by atoms with Crippen molar-refractivity contribution in [3.05, 3.63) is 76.9 Å². The van der Waals surface area contributed by atoms with Gasteiger partial charge < -0.3 is 26.4 Å². The molecule has 5 N–H and O–H groups in total. The summed E-state index contributed by atoms with van der Waals surface area (Å²) in [7, 11) is 3.82. The highest BCUT2D eigenvalue weighted by molar-refractivity contribution is 6.12. The maximum absolute atomic E-state index is 13.3. The number of nitrogens with zero attached hydrogens (tertiary/aromatic N) is 2. The van der Waals surface area contributed by atoms with E-state index >= 15 is 0 Å². The van der Waals surface area contributed by atoms with Crippen LogP contribution in [0.4, 0.5) is 0 Å². The molecule has 0 radical (unpaired) electrons. The van der Waals surface area contributed by atoms with Gasteiger partial charge in [-0.3, -0.25) is 4.79 Å². The number of carbonyl (C=O) groups excluding carboxylic acids is 1. The zero-order valence-corrected chi connectivity index (χ0v) is 25.0. The number of phenols is 1. The highest BCUT2D eigenvalue weighted by Gasteiger charge is 2.29. The quantitative estimate of drug-likeness (QED) is 0.393. The van der Waals surface area contributed by atoms with Crippen molar-refractivity contribution in [2.45, 2.75) is 90.1 Å². The molecule has 1 fully saturated rings. The lowest BCUT2D eigenvalue weighted by atomic mass is 9.78. The van der Waals surface area contributed by atoms with Gasteiger partial charge in [0.1, 0.15) is 17.4 Å². The fraction of sp³-hybridized carbons (Fsp3) is 0.500. The molecule has 0 saturated heterocycles. The Labute approximate surface area is 234 Å². The maximum atomic E-state index is 13.3. The van der Waals surface area contributed by atoms with Gasteiger partial charge >= 0.3 is 0 Å². The third kappa shape index (κ3) is 7.55. The second-order valence-corrected chi connectivity index (χ2v) is 12.9. The van der Waals surface area contributed by atoms with Crippen LogP contribution >= 0.6 is 0 Å². The minimum atomic E-state index is -0.283. The molecule has 1 aromatic carbocycles. The Hall–Kier alpha value is -3.48. The van der Waals surface area contributed by atoms with Crippen LogP contribution in [0.5, 0.6) is 5.75 Å². The number of benzene rings is 1. The summed E-state index contributed by atoms with van der Waals surface area (Å²) >= 11 is 0. The van der Waals surface area contributed by atoms with Crippen LogP contribution in [0.15, 0.2) is 65.2 Å². The Morgan fingerprint density at radius 1 is 0.949 bits per heavy atom. The summed E-state index contributed by atoms with van der Waals surface area (Å²) in [6.07, 6.45) is 11.3. The Balaban J connectivity index is 1.64. The molecule has 1 saturated carbocycles. The van der Waals surface area contributed by atoms with Crippen LogP contribution in [-0.4, -0.2) is 47.8 Å². The molecular formula is C32H47N5O2. The molecular weight excluding hydrogens is 486 g/mol. The van der Waals surface area contributed by atoms with Gasteiger partial charge in [0.15, 0.2) is 0 Å². The van der Waals surface area contributed by atoms with Gasteiger partial charge in [-0.1, -0.05) is 60.3 Å². The van der Waals surface area contributed by atoms with E-state index in [1.54, 1.807) is 0 Å². The van der Waals surface area contributed by atoms with Gasteiger partial charge in [0.2, 0.25) is 0 Å². The molecule has 0 bridgehead atoms. The van der Waals surface area contributed by atoms with Gasteiger partial charge in [0, 0.05) is 48.4 Å². The van der Waals surface area contributed by atoms with Crippen LogP contribution in [0.1, 0.15) is 88.7 Å². The molecule has 0 atom stereocenters. The number of allylic oxidation sites excluding steroid dienone is 5. The van der Waals surface area contributed by atoms with E-state index in [1.165, 1.54) is 0 Å². The van der Waals surface area contributed by atoms with Crippen LogP contribution in [0, 0.1) is 0 Å². The molecule has 0 spiro atoms. The first kappa shape index (κ1) is 30.1. The van der Waals surface area contributed by atoms with Gasteiger partial charge in [-0.25, -0.2) is 4.99 Å². The third-order valence-corrected chi connectivity index (χ3v) is 7.34. The number of aliphatic imine (C=N–C) groups is 1. The normalized spacial score (nSPS) is 22.0. The van der Waals surface area contributed by atoms with Gasteiger partial charge in [-0.2, -0.15) is 0 Å². The van der Waals surface area contributed by atoms with E-state index in [0.29, 0.717) is 17.2 Å². The summed E-state index contributed by atoms with van der Waals surface area (Å²) in [5, 5.41) is 17.7. The van der Waals surface area contributed by atoms with Crippen molar-refractivity contribution < 1.29 is 9.90 Å². The standard InChI is InChI=1S/C32H47N5O2/c1-20(35-27-13-11-10-12-24(27)29(33)37(8)9)34-22-14-16-23(17-15-22)36-30(39)21-18-25(31(2,3)4)28(38)26(19-21)32(5,6)7/h10-13,18-19,22-23,34,38H,1,14-17,33H2,2-9H3,(H,36,39)/b29-24+,35-27-/t22-,23+. The zero-order chi connectivity index (χ0) is 29.1. The lowest BCUT2D eigenvalue weighted by Crippen LogP contribution is -2.42. The monoisotopic (exact) mass is 533 g/mol. The smallest absolute Gasteiger partial charge is 0.251 e. The Morgan fingerprint density at radius 3 is 1.92 bits per heavy atom. The van der Waals surface area contributed by atoms with Crippen molar-refractivity contribution in [3.8, 4) is 5.75 Å². The number of nitrogens with one attached hydrogen (secondary N) is 2. The van der Waals surface area contributed by atoms with Gasteiger partial charge in [0.25, 0.3) is 5.91 Å². The number of aromatic hydroxyl groups is 1. The van der Waals surface area contributed by atoms with Gasteiger partial charge in [-0.15, -0.1) is 0 Å². The van der Waals surface area contributed by atoms with Gasteiger partial charge in [-0.05, 0) is 60.8 Å². The predicted octanol–water partition coefficient (Wildman–Crippen LogP) is 5.39. The maximum Gasteiger partial charge on any atom is 0.251 e. The number of hydrogen-bond acceptors (Lipinski definition) is 6. The van der Waals surface area contributed by atoms with Crippen LogP contribution in [0.25, 0.3) is 0 Å². The van der Waals surface area contributed by atoms with Crippen LogP contribution in [0.2, 0.25) is 0 Å². The average molecular weight is 534 g/mol. The Morgan fingerprint density at radius 2 is 1.44 bits per heavy atom. The first-order valence-electron chi connectivity index (χ1n) is 13.8. The van der Waals surface area contributed by atoms with Crippen molar-refractivity contribution in [3.63, 3.8) is 0 Å². The number of nitrogens with two attached hydrogens (primary N) is 1. The van der Waals surface area contributed by atoms with E-state index in [9.17, 15) is 9.90 Å². The number of phenolic OH excluding ortho intramolecular Hbond substituents is 1. The minimum Gasteiger partial charge on any atom is -0.507 e. The SMILES string of the molecule is C=C(/N=C1/C=CC=C/C1=C(/N)N(C)C)N[C@H]1CC[C@@H](NC(=O)c2cc(C(C)(C)C)c(O)c(C(C)(C)C)c2)CC1. The number of carbonyl (C=O) groups is 1. The van der Waals surface area contributed by atoms with E-state index in [2.05, 4.69) is 58.8 Å². The van der Waals surface area contributed by atoms with E-state index in [-0.39, 0.29) is 34.6 Å². The Kier molecular flexibility index (Phi) is 9.04. The Bertz CT molecular complexity index is 1180. The molecule has 0 unspecified atom stereocenters. The number of hydrogen-bond donors (Lipinski definition) is 4. The number of amides is 1. The van der Waals surface area contributed by atoms with Crippen molar-refractivity contribution in [2.24, 2.45) is 10.7 Å². The number of rotatable bonds is 6. The molecule has 2 aliphatic carbocycles. The van der Waals surface area contributed by atoms with Crippen LogP contribution < -0.4 is 16.4 Å². The van der Waals surface area contributed by atoms with E-state index in [1.807, 2.05) is 55.4 Å². The first-order valence-corrected chi connectivity index (χ1v) is 13.8. The zero-order valence-electron chi connectivity index (χ0n) is 25.0. The minimum absolute atomic E-state index is 0.0897. The fourth-order valence-electron chi connectivity index (χ4n) is 5.00. The second-order valence-electron chi connectivity index (χ2n) is 12.9. The summed E-state index contributed by atoms with van der Waals surface area (Å²) in [6.45, 7) is 16.5. The molecule has 2 aliphatic rings. The van der Waals surface area contributed by atoms with Crippen molar-refractivity contribution in [2.75, 3.05) is 14.1 Å². The van der Waals surface area contributed by atoms with Crippen LogP contribution in [-0.2, 0) is 10.8 Å². The molecule has 1 aromatic rings. The lowest BCUT2D eigenvalue weighted by molar-refractivity contribution is 0.0924. The van der Waals surface area contributed by atoms with Crippen molar-refractivity contribution in [1.29, 1.82) is 0 Å². The molecule has 1 amide bonds. The molecule has 0 heterocycles. The van der Waals surface area contributed by atoms with Gasteiger partial charge in [0.05, 0.1) is 5.71 Å². The largest absolute Gasteiger partial charge is 0.507 e. The topological polar surface area (TPSA) is 103 Å². The van der Waals surface area contributed by atoms with Crippen molar-refractivity contribution >= 4 is 11.6 Å². The highest BCUT2D eigenvalue weighted by Crippen LogP contribution is 2.39. The molecule has 212 valence electrons. The predicted molar refractivity (Wildman–Crippen MR) is 162 cm³/mol. The van der Waals surface area contributed by atoms with Crippen LogP contribution in [0.3, 0.4) is 0 Å². The van der Waals surface area contributed by atoms with E-state index < -0.39 is 0 Å². The van der Waals surface area contributed by atoms with Crippen molar-refractivity contribution in [1.82, 2.24) is 15.5 Å². The molecule has 7 nitrogen and oxygen atoms in total.